The number of halogens is 1. The van der Waals surface area contributed by atoms with Crippen LogP contribution in [0.2, 0.25) is 0 Å². The van der Waals surface area contributed by atoms with Gasteiger partial charge in [-0.1, -0.05) is 0 Å². The molecule has 0 atom stereocenters. The predicted octanol–water partition coefficient (Wildman–Crippen LogP) is 1.90. The Labute approximate surface area is 126 Å². The third-order valence-corrected chi connectivity index (χ3v) is 5.83. The van der Waals surface area contributed by atoms with E-state index in [1.165, 1.54) is 28.8 Å². The van der Waals surface area contributed by atoms with E-state index in [1.807, 2.05) is 6.92 Å². The number of aliphatic hydroxyl groups is 1. The Bertz CT molecular complexity index is 744. The summed E-state index contributed by atoms with van der Waals surface area (Å²) < 4.78 is 39.4. The molecule has 1 heterocycles. The van der Waals surface area contributed by atoms with E-state index in [4.69, 9.17) is 5.11 Å². The summed E-state index contributed by atoms with van der Waals surface area (Å²) in [7, 11) is -2.29. The highest BCUT2D eigenvalue weighted by atomic mass is 32.2. The van der Waals surface area contributed by atoms with Crippen molar-refractivity contribution in [1.82, 2.24) is 9.29 Å². The average molecular weight is 330 g/mol. The maximum absolute atomic E-state index is 13.3. The van der Waals surface area contributed by atoms with E-state index in [0.29, 0.717) is 0 Å². The molecule has 1 aromatic carbocycles. The molecule has 2 aromatic rings. The molecule has 2 rings (SSSR count). The Hall–Kier alpha value is -1.35. The van der Waals surface area contributed by atoms with Crippen molar-refractivity contribution in [2.75, 3.05) is 7.05 Å². The lowest BCUT2D eigenvalue weighted by Gasteiger charge is -2.17. The molecule has 0 unspecified atom stereocenters. The van der Waals surface area contributed by atoms with Crippen molar-refractivity contribution in [2.45, 2.75) is 25.0 Å². The first-order chi connectivity index (χ1) is 9.86. The summed E-state index contributed by atoms with van der Waals surface area (Å²) >= 11 is 1.38. The molecule has 0 radical (unpaired) electrons. The van der Waals surface area contributed by atoms with E-state index < -0.39 is 22.4 Å². The molecule has 0 saturated heterocycles. The van der Waals surface area contributed by atoms with Gasteiger partial charge in [0, 0.05) is 24.0 Å². The largest absolute Gasteiger partial charge is 0.392 e. The highest BCUT2D eigenvalue weighted by Gasteiger charge is 2.23. The van der Waals surface area contributed by atoms with E-state index in [2.05, 4.69) is 4.98 Å². The van der Waals surface area contributed by atoms with Crippen LogP contribution in [0.3, 0.4) is 0 Å². The van der Waals surface area contributed by atoms with Gasteiger partial charge in [-0.3, -0.25) is 0 Å². The zero-order valence-electron chi connectivity index (χ0n) is 11.6. The van der Waals surface area contributed by atoms with Crippen molar-refractivity contribution < 1.29 is 17.9 Å². The number of aliphatic hydroxyl groups excluding tert-OH is 1. The van der Waals surface area contributed by atoms with Crippen LogP contribution < -0.4 is 0 Å². The number of thiazole rings is 1. The van der Waals surface area contributed by atoms with Gasteiger partial charge in [-0.25, -0.2) is 17.8 Å². The van der Waals surface area contributed by atoms with Crippen molar-refractivity contribution in [3.63, 3.8) is 0 Å². The highest BCUT2D eigenvalue weighted by molar-refractivity contribution is 7.89. The van der Waals surface area contributed by atoms with Gasteiger partial charge in [-0.05, 0) is 25.1 Å². The quantitative estimate of drug-likeness (QED) is 0.909. The highest BCUT2D eigenvalue weighted by Crippen LogP contribution is 2.22. The normalized spacial score (nSPS) is 12.0. The summed E-state index contributed by atoms with van der Waals surface area (Å²) in [6.07, 6.45) is 0. The van der Waals surface area contributed by atoms with Crippen LogP contribution >= 0.6 is 11.3 Å². The fraction of sp³-hybridized carbons (Fsp3) is 0.308. The van der Waals surface area contributed by atoms with Gasteiger partial charge < -0.3 is 5.11 Å². The second-order valence-electron chi connectivity index (χ2n) is 4.53. The molecular formula is C13H15FN2O3S2. The molecule has 0 amide bonds. The molecule has 0 fully saturated rings. The minimum absolute atomic E-state index is 0.0431. The number of hydrogen-bond donors (Lipinski definition) is 1. The van der Waals surface area contributed by atoms with Gasteiger partial charge in [0.1, 0.15) is 5.82 Å². The Morgan fingerprint density at radius 2 is 2.14 bits per heavy atom. The summed E-state index contributed by atoms with van der Waals surface area (Å²) in [6, 6.07) is 3.39. The zero-order valence-corrected chi connectivity index (χ0v) is 13.2. The first-order valence-corrected chi connectivity index (χ1v) is 8.43. The average Bonchev–Trinajstić information content (AvgIpc) is 2.84. The van der Waals surface area contributed by atoms with Crippen molar-refractivity contribution in [2.24, 2.45) is 0 Å². The summed E-state index contributed by atoms with van der Waals surface area (Å²) in [5, 5.41) is 9.04. The van der Waals surface area contributed by atoms with Crippen LogP contribution in [0.25, 0.3) is 0 Å². The third kappa shape index (κ3) is 3.29. The number of benzene rings is 1. The van der Waals surface area contributed by atoms with E-state index in [-0.39, 0.29) is 17.0 Å². The molecule has 0 aliphatic heterocycles. The number of hydrogen-bond acceptors (Lipinski definition) is 5. The van der Waals surface area contributed by atoms with Crippen LogP contribution in [-0.2, 0) is 23.2 Å². The number of aromatic nitrogens is 1. The van der Waals surface area contributed by atoms with Gasteiger partial charge in [0.2, 0.25) is 10.0 Å². The summed E-state index contributed by atoms with van der Waals surface area (Å²) in [5.74, 6) is -0.627. The maximum Gasteiger partial charge on any atom is 0.243 e. The minimum atomic E-state index is -3.75. The topological polar surface area (TPSA) is 70.5 Å². The van der Waals surface area contributed by atoms with Crippen molar-refractivity contribution in [3.8, 4) is 0 Å². The van der Waals surface area contributed by atoms with Crippen LogP contribution in [-0.4, -0.2) is 29.9 Å². The van der Waals surface area contributed by atoms with Crippen molar-refractivity contribution >= 4 is 21.4 Å². The third-order valence-electron chi connectivity index (χ3n) is 3.11. The van der Waals surface area contributed by atoms with Crippen LogP contribution in [0.4, 0.5) is 4.39 Å². The van der Waals surface area contributed by atoms with E-state index in [1.54, 1.807) is 5.51 Å². The lowest BCUT2D eigenvalue weighted by Crippen LogP contribution is -2.26. The van der Waals surface area contributed by atoms with E-state index in [9.17, 15) is 12.8 Å². The zero-order chi connectivity index (χ0) is 15.6. The second kappa shape index (κ2) is 6.18. The van der Waals surface area contributed by atoms with Crippen LogP contribution in [0, 0.1) is 12.7 Å². The number of aryl methyl sites for hydroxylation is 1. The van der Waals surface area contributed by atoms with E-state index in [0.717, 1.165) is 22.7 Å². The molecule has 21 heavy (non-hydrogen) atoms. The maximum atomic E-state index is 13.3. The summed E-state index contributed by atoms with van der Waals surface area (Å²) in [6.45, 7) is 1.46. The molecule has 0 aliphatic rings. The molecule has 0 spiro atoms. The van der Waals surface area contributed by atoms with Crippen LogP contribution in [0.5, 0.6) is 0 Å². The lowest BCUT2D eigenvalue weighted by molar-refractivity contribution is 0.275. The number of sulfonamides is 1. The van der Waals surface area contributed by atoms with Crippen molar-refractivity contribution in [3.05, 3.63) is 45.7 Å². The predicted molar refractivity (Wildman–Crippen MR) is 77.8 cm³/mol. The smallest absolute Gasteiger partial charge is 0.243 e. The summed E-state index contributed by atoms with van der Waals surface area (Å²) in [5.41, 5.74) is 2.41. The van der Waals surface area contributed by atoms with Gasteiger partial charge >= 0.3 is 0 Å². The van der Waals surface area contributed by atoms with Gasteiger partial charge in [0.15, 0.2) is 0 Å². The van der Waals surface area contributed by atoms with Gasteiger partial charge in [-0.2, -0.15) is 4.31 Å². The summed E-state index contributed by atoms with van der Waals surface area (Å²) in [4.78, 5) is 4.89. The SMILES string of the molecule is Cc1ncsc1CN(C)S(=O)(=O)c1ccc(F)c(CO)c1. The van der Waals surface area contributed by atoms with Crippen molar-refractivity contribution in [1.29, 1.82) is 0 Å². The Kier molecular flexibility index (Phi) is 4.72. The monoisotopic (exact) mass is 330 g/mol. The van der Waals surface area contributed by atoms with Crippen LogP contribution in [0.15, 0.2) is 28.6 Å². The number of nitrogens with zero attached hydrogens (tertiary/aromatic N) is 2. The molecule has 5 nitrogen and oxygen atoms in total. The fourth-order valence-corrected chi connectivity index (χ4v) is 3.88. The molecule has 0 bridgehead atoms. The molecular weight excluding hydrogens is 315 g/mol. The molecule has 1 aromatic heterocycles. The Morgan fingerprint density at radius 3 is 2.71 bits per heavy atom. The molecule has 8 heteroatoms. The standard InChI is InChI=1S/C13H15FN2O3S2/c1-9-13(20-8-15-9)6-16(2)21(18,19)11-3-4-12(14)10(5-11)7-17/h3-5,8,17H,6-7H2,1-2H3. The minimum Gasteiger partial charge on any atom is -0.392 e. The van der Waals surface area contributed by atoms with Gasteiger partial charge in [-0.15, -0.1) is 11.3 Å². The van der Waals surface area contributed by atoms with Crippen LogP contribution in [0.1, 0.15) is 16.1 Å². The second-order valence-corrected chi connectivity index (χ2v) is 7.52. The Balaban J connectivity index is 2.31. The Morgan fingerprint density at radius 1 is 1.43 bits per heavy atom. The number of rotatable bonds is 5. The molecule has 0 aliphatic carbocycles. The first-order valence-electron chi connectivity index (χ1n) is 6.11. The molecule has 114 valence electrons. The van der Waals surface area contributed by atoms with E-state index >= 15 is 0 Å². The van der Waals surface area contributed by atoms with Gasteiger partial charge in [0.05, 0.1) is 22.7 Å². The first kappa shape index (κ1) is 16.0. The molecule has 0 saturated carbocycles. The lowest BCUT2D eigenvalue weighted by atomic mass is 10.2. The molecule has 1 N–H and O–H groups in total. The van der Waals surface area contributed by atoms with Gasteiger partial charge in [0.25, 0.3) is 0 Å². The fourth-order valence-electron chi connectivity index (χ4n) is 1.78.